The summed E-state index contributed by atoms with van der Waals surface area (Å²) < 4.78 is 14.4. The molecule has 0 saturated carbocycles. The molecule has 0 saturated heterocycles. The van der Waals surface area contributed by atoms with Gasteiger partial charge in [0.05, 0.1) is 8.07 Å². The van der Waals surface area contributed by atoms with E-state index in [4.69, 9.17) is 0 Å². The highest BCUT2D eigenvalue weighted by Gasteiger charge is 2.43. The van der Waals surface area contributed by atoms with Crippen molar-refractivity contribution in [2.45, 2.75) is 38.0 Å². The molecule has 0 spiro atoms. The standard InChI is InChI=1S/C20H23FSi/c1-14-13-18(17-11-7-8-12-19(17)21)20(15(14)2)22(3,4)16-9-5-6-10-16/h5-13,16,20H,1-4H3. The Kier molecular flexibility index (Phi) is 3.81. The normalized spacial score (nSPS) is 21.9. The minimum Gasteiger partial charge on any atom is -0.206 e. The molecule has 2 aliphatic carbocycles. The fourth-order valence-electron chi connectivity index (χ4n) is 3.90. The molecule has 0 N–H and O–H groups in total. The van der Waals surface area contributed by atoms with Crippen molar-refractivity contribution < 1.29 is 4.39 Å². The van der Waals surface area contributed by atoms with Gasteiger partial charge < -0.3 is 0 Å². The maximum atomic E-state index is 14.4. The van der Waals surface area contributed by atoms with E-state index in [1.54, 1.807) is 12.1 Å². The molecule has 1 atom stereocenters. The molecule has 2 heteroatoms. The molecule has 1 aromatic carbocycles. The second kappa shape index (κ2) is 5.51. The van der Waals surface area contributed by atoms with Crippen LogP contribution in [-0.4, -0.2) is 8.07 Å². The lowest BCUT2D eigenvalue weighted by Gasteiger charge is -2.37. The zero-order chi connectivity index (χ0) is 15.9. The van der Waals surface area contributed by atoms with E-state index >= 15 is 0 Å². The van der Waals surface area contributed by atoms with Gasteiger partial charge in [0.2, 0.25) is 0 Å². The van der Waals surface area contributed by atoms with Crippen LogP contribution in [0.25, 0.3) is 5.57 Å². The molecule has 0 nitrogen and oxygen atoms in total. The average molecular weight is 310 g/mol. The van der Waals surface area contributed by atoms with Crippen LogP contribution in [0.15, 0.2) is 65.8 Å². The molecule has 0 fully saturated rings. The van der Waals surface area contributed by atoms with Gasteiger partial charge in [-0.05, 0) is 31.0 Å². The Hall–Kier alpha value is -1.67. The smallest absolute Gasteiger partial charge is 0.130 e. The van der Waals surface area contributed by atoms with Crippen molar-refractivity contribution in [3.8, 4) is 0 Å². The van der Waals surface area contributed by atoms with E-state index in [0.717, 1.165) is 5.56 Å². The summed E-state index contributed by atoms with van der Waals surface area (Å²) >= 11 is 0. The number of halogens is 1. The van der Waals surface area contributed by atoms with Crippen LogP contribution in [-0.2, 0) is 0 Å². The van der Waals surface area contributed by atoms with Crippen molar-refractivity contribution in [2.75, 3.05) is 0 Å². The van der Waals surface area contributed by atoms with Gasteiger partial charge in [-0.15, -0.1) is 0 Å². The molecular weight excluding hydrogens is 287 g/mol. The summed E-state index contributed by atoms with van der Waals surface area (Å²) in [7, 11) is -1.68. The van der Waals surface area contributed by atoms with Gasteiger partial charge in [0.15, 0.2) is 0 Å². The van der Waals surface area contributed by atoms with Gasteiger partial charge in [0, 0.05) is 11.1 Å². The van der Waals surface area contributed by atoms with Gasteiger partial charge in [-0.25, -0.2) is 4.39 Å². The van der Waals surface area contributed by atoms with Crippen LogP contribution in [0.1, 0.15) is 19.4 Å². The third kappa shape index (κ3) is 2.36. The summed E-state index contributed by atoms with van der Waals surface area (Å²) in [4.78, 5) is 0. The molecule has 3 rings (SSSR count). The summed E-state index contributed by atoms with van der Waals surface area (Å²) in [5.74, 6) is -0.108. The third-order valence-electron chi connectivity index (χ3n) is 5.27. The largest absolute Gasteiger partial charge is 0.206 e. The highest BCUT2D eigenvalue weighted by molar-refractivity contribution is 6.83. The molecule has 2 aliphatic rings. The number of benzene rings is 1. The topological polar surface area (TPSA) is 0 Å². The van der Waals surface area contributed by atoms with Gasteiger partial charge >= 0.3 is 0 Å². The molecule has 22 heavy (non-hydrogen) atoms. The van der Waals surface area contributed by atoms with Crippen LogP contribution in [0.5, 0.6) is 0 Å². The maximum absolute atomic E-state index is 14.4. The molecule has 0 amide bonds. The molecular formula is C20H23FSi. The Morgan fingerprint density at radius 3 is 2.27 bits per heavy atom. The first-order chi connectivity index (χ1) is 10.4. The zero-order valence-corrected chi connectivity index (χ0v) is 14.7. The predicted molar refractivity (Wildman–Crippen MR) is 96.0 cm³/mol. The zero-order valence-electron chi connectivity index (χ0n) is 13.7. The highest BCUT2D eigenvalue weighted by atomic mass is 28.3. The van der Waals surface area contributed by atoms with E-state index in [1.165, 1.54) is 16.7 Å². The Morgan fingerprint density at radius 1 is 1.00 bits per heavy atom. The quantitative estimate of drug-likeness (QED) is 0.589. The molecule has 0 aromatic heterocycles. The Bertz CT molecular complexity index is 707. The van der Waals surface area contributed by atoms with E-state index < -0.39 is 8.07 Å². The van der Waals surface area contributed by atoms with Crippen LogP contribution in [0.3, 0.4) is 0 Å². The molecule has 1 aromatic rings. The second-order valence-electron chi connectivity index (χ2n) is 7.00. The summed E-state index contributed by atoms with van der Waals surface area (Å²) in [6, 6.07) is 7.19. The van der Waals surface area contributed by atoms with Crippen LogP contribution < -0.4 is 0 Å². The molecule has 0 bridgehead atoms. The fourth-order valence-corrected chi connectivity index (χ4v) is 7.88. The van der Waals surface area contributed by atoms with Crippen molar-refractivity contribution in [3.05, 3.63) is 77.2 Å². The average Bonchev–Trinajstić information content (AvgIpc) is 3.09. The monoisotopic (exact) mass is 310 g/mol. The van der Waals surface area contributed by atoms with Gasteiger partial charge in [-0.1, -0.05) is 72.8 Å². The first kappa shape index (κ1) is 15.2. The highest BCUT2D eigenvalue weighted by Crippen LogP contribution is 2.52. The lowest BCUT2D eigenvalue weighted by atomic mass is 10.0. The molecule has 0 radical (unpaired) electrons. The Labute approximate surface area is 133 Å². The van der Waals surface area contributed by atoms with Crippen molar-refractivity contribution >= 4 is 13.6 Å². The van der Waals surface area contributed by atoms with Gasteiger partial charge in [-0.2, -0.15) is 0 Å². The summed E-state index contributed by atoms with van der Waals surface area (Å²) in [5.41, 5.74) is 5.57. The summed E-state index contributed by atoms with van der Waals surface area (Å²) in [6.45, 7) is 9.24. The van der Waals surface area contributed by atoms with E-state index in [1.807, 2.05) is 12.1 Å². The van der Waals surface area contributed by atoms with E-state index in [2.05, 4.69) is 57.3 Å². The number of hydrogen-bond acceptors (Lipinski definition) is 0. The number of rotatable bonds is 3. The van der Waals surface area contributed by atoms with Crippen LogP contribution in [0.2, 0.25) is 24.2 Å². The second-order valence-corrected chi connectivity index (χ2v) is 11.9. The van der Waals surface area contributed by atoms with E-state index in [9.17, 15) is 4.39 Å². The predicted octanol–water partition coefficient (Wildman–Crippen LogP) is 6.13. The lowest BCUT2D eigenvalue weighted by Crippen LogP contribution is -2.37. The minimum absolute atomic E-state index is 0.108. The first-order valence-electron chi connectivity index (χ1n) is 7.92. The molecule has 114 valence electrons. The van der Waals surface area contributed by atoms with Crippen LogP contribution in [0.4, 0.5) is 4.39 Å². The summed E-state index contributed by atoms with van der Waals surface area (Å²) in [6.07, 6.45) is 11.1. The van der Waals surface area contributed by atoms with Crippen molar-refractivity contribution in [2.24, 2.45) is 0 Å². The van der Waals surface area contributed by atoms with Crippen molar-refractivity contribution in [3.63, 3.8) is 0 Å². The number of hydrogen-bond donors (Lipinski definition) is 0. The number of allylic oxidation sites excluding steroid dienone is 8. The SMILES string of the molecule is CC1=C(C)C([Si](C)(C)C2C=CC=C2)C(c2ccccc2F)=C1. The van der Waals surface area contributed by atoms with Crippen LogP contribution >= 0.6 is 0 Å². The minimum atomic E-state index is -1.68. The maximum Gasteiger partial charge on any atom is 0.130 e. The van der Waals surface area contributed by atoms with E-state index in [-0.39, 0.29) is 5.82 Å². The van der Waals surface area contributed by atoms with Crippen molar-refractivity contribution in [1.82, 2.24) is 0 Å². The fraction of sp³-hybridized carbons (Fsp3) is 0.300. The molecule has 1 unspecified atom stereocenters. The Morgan fingerprint density at radius 2 is 1.64 bits per heavy atom. The van der Waals surface area contributed by atoms with Gasteiger partial charge in [-0.3, -0.25) is 0 Å². The van der Waals surface area contributed by atoms with Gasteiger partial charge in [0.1, 0.15) is 5.82 Å². The third-order valence-corrected chi connectivity index (χ3v) is 9.61. The van der Waals surface area contributed by atoms with Crippen molar-refractivity contribution in [1.29, 1.82) is 0 Å². The molecule has 0 aliphatic heterocycles. The summed E-state index contributed by atoms with van der Waals surface area (Å²) in [5, 5.41) is 0. The van der Waals surface area contributed by atoms with E-state index in [0.29, 0.717) is 11.1 Å². The van der Waals surface area contributed by atoms with Gasteiger partial charge in [0.25, 0.3) is 0 Å². The van der Waals surface area contributed by atoms with Crippen LogP contribution in [0, 0.1) is 5.82 Å². The first-order valence-corrected chi connectivity index (χ1v) is 11.1. The lowest BCUT2D eigenvalue weighted by molar-refractivity contribution is 0.623. The Balaban J connectivity index is 2.08. The molecule has 0 heterocycles.